The van der Waals surface area contributed by atoms with Gasteiger partial charge in [0.2, 0.25) is 0 Å². The van der Waals surface area contributed by atoms with Crippen LogP contribution in [0.1, 0.15) is 38.5 Å². The minimum atomic E-state index is -0.736. The van der Waals surface area contributed by atoms with E-state index >= 15 is 0 Å². The predicted molar refractivity (Wildman–Crippen MR) is 80.0 cm³/mol. The van der Waals surface area contributed by atoms with Crippen molar-refractivity contribution in [3.8, 4) is 0 Å². The number of amides is 2. The number of urea groups is 1. The van der Waals surface area contributed by atoms with Gasteiger partial charge in [-0.1, -0.05) is 12.8 Å². The van der Waals surface area contributed by atoms with Gasteiger partial charge in [-0.2, -0.15) is 11.8 Å². The first-order chi connectivity index (χ1) is 9.61. The second kappa shape index (κ2) is 7.20. The van der Waals surface area contributed by atoms with Crippen LogP contribution in [0.15, 0.2) is 0 Å². The van der Waals surface area contributed by atoms with E-state index in [0.29, 0.717) is 31.2 Å². The normalized spacial score (nSPS) is 28.1. The molecule has 2 aliphatic rings. The number of likely N-dealkylation sites (tertiary alicyclic amines) is 1. The van der Waals surface area contributed by atoms with Gasteiger partial charge in [0.1, 0.15) is 0 Å². The number of nitrogens with zero attached hydrogens (tertiary/aromatic N) is 1. The molecule has 1 saturated heterocycles. The van der Waals surface area contributed by atoms with Gasteiger partial charge >= 0.3 is 12.0 Å². The number of hydrogen-bond acceptors (Lipinski definition) is 3. The summed E-state index contributed by atoms with van der Waals surface area (Å²) >= 11 is 1.84. The summed E-state index contributed by atoms with van der Waals surface area (Å²) in [5.41, 5.74) is 0. The minimum absolute atomic E-state index is 0.0141. The molecule has 5 nitrogen and oxygen atoms in total. The lowest BCUT2D eigenvalue weighted by atomic mass is 9.94. The largest absolute Gasteiger partial charge is 0.481 e. The first-order valence-electron chi connectivity index (χ1n) is 7.43. The summed E-state index contributed by atoms with van der Waals surface area (Å²) in [6.07, 6.45) is 7.91. The molecule has 114 valence electrons. The van der Waals surface area contributed by atoms with Gasteiger partial charge < -0.3 is 15.3 Å². The fourth-order valence-electron chi connectivity index (χ4n) is 3.12. The Bertz CT molecular complexity index is 356. The molecule has 0 radical (unpaired) electrons. The molecule has 0 bridgehead atoms. The van der Waals surface area contributed by atoms with E-state index in [1.807, 2.05) is 11.8 Å². The summed E-state index contributed by atoms with van der Waals surface area (Å²) in [6.45, 7) is 1.11. The van der Waals surface area contributed by atoms with Crippen molar-refractivity contribution in [2.45, 2.75) is 49.8 Å². The van der Waals surface area contributed by atoms with Crippen molar-refractivity contribution < 1.29 is 14.7 Å². The van der Waals surface area contributed by atoms with E-state index in [2.05, 4.69) is 11.6 Å². The number of aliphatic carboxylic acids is 1. The van der Waals surface area contributed by atoms with Crippen molar-refractivity contribution in [2.75, 3.05) is 19.3 Å². The highest BCUT2D eigenvalue weighted by Gasteiger charge is 2.30. The summed E-state index contributed by atoms with van der Waals surface area (Å²) in [7, 11) is 0. The molecule has 2 fully saturated rings. The molecular weight excluding hydrogens is 276 g/mol. The molecule has 1 aliphatic heterocycles. The zero-order valence-electron chi connectivity index (χ0n) is 12.0. The standard InChI is InChI=1S/C14H24N2O3S/c1-20-12-5-3-2-4-11(12)15-14(19)16-8-6-10(7-9-16)13(17)18/h10-12H,2-9H2,1H3,(H,15,19)(H,17,18). The van der Waals surface area contributed by atoms with E-state index in [1.54, 1.807) is 4.90 Å². The Kier molecular flexibility index (Phi) is 5.57. The molecule has 0 spiro atoms. The molecule has 2 unspecified atom stereocenters. The molecule has 2 atom stereocenters. The maximum absolute atomic E-state index is 12.3. The number of thioether (sulfide) groups is 1. The zero-order chi connectivity index (χ0) is 14.5. The molecule has 20 heavy (non-hydrogen) atoms. The summed E-state index contributed by atoms with van der Waals surface area (Å²) in [6, 6.07) is 0.253. The van der Waals surface area contributed by atoms with Gasteiger partial charge in [-0.3, -0.25) is 4.79 Å². The van der Waals surface area contributed by atoms with Crippen LogP contribution in [0.5, 0.6) is 0 Å². The van der Waals surface area contributed by atoms with Crippen LogP contribution in [-0.4, -0.2) is 52.6 Å². The van der Waals surface area contributed by atoms with Crippen molar-refractivity contribution in [1.29, 1.82) is 0 Å². The second-order valence-corrected chi connectivity index (χ2v) is 6.79. The van der Waals surface area contributed by atoms with Crippen LogP contribution in [0, 0.1) is 5.92 Å². The van der Waals surface area contributed by atoms with Crippen LogP contribution < -0.4 is 5.32 Å². The highest BCUT2D eigenvalue weighted by molar-refractivity contribution is 7.99. The molecule has 0 aromatic rings. The summed E-state index contributed by atoms with van der Waals surface area (Å²) in [5, 5.41) is 12.6. The number of rotatable bonds is 3. The Labute approximate surface area is 124 Å². The van der Waals surface area contributed by atoms with Gasteiger partial charge in [0.25, 0.3) is 0 Å². The molecule has 2 amide bonds. The number of hydrogen-bond donors (Lipinski definition) is 2. The van der Waals surface area contributed by atoms with Crippen molar-refractivity contribution in [3.63, 3.8) is 0 Å². The first-order valence-corrected chi connectivity index (χ1v) is 8.71. The van der Waals surface area contributed by atoms with E-state index in [4.69, 9.17) is 5.11 Å². The molecule has 2 rings (SSSR count). The second-order valence-electron chi connectivity index (χ2n) is 5.71. The van der Waals surface area contributed by atoms with Gasteiger partial charge in [0.05, 0.1) is 5.92 Å². The van der Waals surface area contributed by atoms with Gasteiger partial charge in [0, 0.05) is 24.4 Å². The average Bonchev–Trinajstić information content (AvgIpc) is 2.48. The quantitative estimate of drug-likeness (QED) is 0.838. The number of carboxylic acids is 1. The Morgan fingerprint density at radius 1 is 1.15 bits per heavy atom. The fourth-order valence-corrected chi connectivity index (χ4v) is 4.06. The number of carbonyl (C=O) groups is 2. The van der Waals surface area contributed by atoms with Crippen LogP contribution in [0.2, 0.25) is 0 Å². The van der Waals surface area contributed by atoms with E-state index in [-0.39, 0.29) is 18.0 Å². The van der Waals surface area contributed by atoms with Crippen molar-refractivity contribution >= 4 is 23.8 Å². The van der Waals surface area contributed by atoms with E-state index in [1.165, 1.54) is 19.3 Å². The Balaban J connectivity index is 1.81. The Hall–Kier alpha value is -0.910. The Morgan fingerprint density at radius 2 is 1.80 bits per heavy atom. The minimum Gasteiger partial charge on any atom is -0.481 e. The Morgan fingerprint density at radius 3 is 2.40 bits per heavy atom. The van der Waals surface area contributed by atoms with Crippen LogP contribution in [0.25, 0.3) is 0 Å². The third-order valence-corrected chi connectivity index (χ3v) is 5.62. The van der Waals surface area contributed by atoms with Crippen LogP contribution in [0.3, 0.4) is 0 Å². The van der Waals surface area contributed by atoms with Crippen molar-refractivity contribution in [1.82, 2.24) is 10.2 Å². The first kappa shape index (κ1) is 15.5. The molecule has 6 heteroatoms. The molecule has 0 aromatic carbocycles. The number of nitrogens with one attached hydrogen (secondary N) is 1. The SMILES string of the molecule is CSC1CCCCC1NC(=O)N1CCC(C(=O)O)CC1. The third-order valence-electron chi connectivity index (χ3n) is 4.45. The number of carboxylic acid groups (broad SMARTS) is 1. The highest BCUT2D eigenvalue weighted by Crippen LogP contribution is 2.27. The molecular formula is C14H24N2O3S. The lowest BCUT2D eigenvalue weighted by molar-refractivity contribution is -0.143. The predicted octanol–water partition coefficient (Wildman–Crippen LogP) is 2.17. The number of piperidine rings is 1. The average molecular weight is 300 g/mol. The van der Waals surface area contributed by atoms with Crippen molar-refractivity contribution in [3.05, 3.63) is 0 Å². The van der Waals surface area contributed by atoms with Crippen LogP contribution >= 0.6 is 11.8 Å². The molecule has 1 heterocycles. The van der Waals surface area contributed by atoms with E-state index < -0.39 is 5.97 Å². The van der Waals surface area contributed by atoms with Crippen LogP contribution in [-0.2, 0) is 4.79 Å². The highest BCUT2D eigenvalue weighted by atomic mass is 32.2. The lowest BCUT2D eigenvalue weighted by Gasteiger charge is -2.35. The lowest BCUT2D eigenvalue weighted by Crippen LogP contribution is -2.51. The molecule has 2 N–H and O–H groups in total. The summed E-state index contributed by atoms with van der Waals surface area (Å²) < 4.78 is 0. The molecule has 0 aromatic heterocycles. The number of carbonyl (C=O) groups excluding carboxylic acids is 1. The fraction of sp³-hybridized carbons (Fsp3) is 0.857. The van der Waals surface area contributed by atoms with Gasteiger partial charge in [-0.25, -0.2) is 4.79 Å². The van der Waals surface area contributed by atoms with E-state index in [9.17, 15) is 9.59 Å². The van der Waals surface area contributed by atoms with Crippen molar-refractivity contribution in [2.24, 2.45) is 5.92 Å². The monoisotopic (exact) mass is 300 g/mol. The van der Waals surface area contributed by atoms with Gasteiger partial charge in [-0.15, -0.1) is 0 Å². The topological polar surface area (TPSA) is 69.6 Å². The smallest absolute Gasteiger partial charge is 0.317 e. The van der Waals surface area contributed by atoms with Crippen LogP contribution in [0.4, 0.5) is 4.79 Å². The zero-order valence-corrected chi connectivity index (χ0v) is 12.8. The maximum atomic E-state index is 12.3. The molecule has 1 aliphatic carbocycles. The summed E-state index contributed by atoms with van der Waals surface area (Å²) in [5.74, 6) is -1.02. The molecule has 1 saturated carbocycles. The maximum Gasteiger partial charge on any atom is 0.317 e. The van der Waals surface area contributed by atoms with E-state index in [0.717, 1.165) is 6.42 Å². The van der Waals surface area contributed by atoms with Gasteiger partial charge in [0.15, 0.2) is 0 Å². The van der Waals surface area contributed by atoms with Gasteiger partial charge in [-0.05, 0) is 31.9 Å². The summed E-state index contributed by atoms with van der Waals surface area (Å²) in [4.78, 5) is 24.9. The third kappa shape index (κ3) is 3.81.